The summed E-state index contributed by atoms with van der Waals surface area (Å²) >= 11 is 0. The molecule has 1 fully saturated rings. The van der Waals surface area contributed by atoms with E-state index in [9.17, 15) is 4.39 Å². The number of anilines is 1. The van der Waals surface area contributed by atoms with Crippen molar-refractivity contribution in [1.82, 2.24) is 5.32 Å². The van der Waals surface area contributed by atoms with E-state index >= 15 is 0 Å². The van der Waals surface area contributed by atoms with E-state index in [4.69, 9.17) is 0 Å². The Hall–Kier alpha value is -1.09. The normalized spacial score (nSPS) is 19.6. The number of benzene rings is 1. The maximum Gasteiger partial charge on any atom is 0.146 e. The molecule has 1 unspecified atom stereocenters. The molecule has 20 heavy (non-hydrogen) atoms. The van der Waals surface area contributed by atoms with Crippen molar-refractivity contribution in [1.29, 1.82) is 0 Å². The zero-order valence-electron chi connectivity index (χ0n) is 13.2. The van der Waals surface area contributed by atoms with Crippen LogP contribution >= 0.6 is 0 Å². The number of halogens is 1. The molecule has 1 heterocycles. The number of rotatable bonds is 4. The van der Waals surface area contributed by atoms with E-state index in [2.05, 4.69) is 37.9 Å². The highest BCUT2D eigenvalue weighted by Gasteiger charge is 2.32. The second kappa shape index (κ2) is 6.13. The van der Waals surface area contributed by atoms with Crippen LogP contribution < -0.4 is 10.2 Å². The van der Waals surface area contributed by atoms with Gasteiger partial charge in [0.2, 0.25) is 0 Å². The van der Waals surface area contributed by atoms with Crippen molar-refractivity contribution in [2.75, 3.05) is 24.5 Å². The molecule has 1 aromatic rings. The van der Waals surface area contributed by atoms with Crippen LogP contribution in [-0.4, -0.2) is 19.6 Å². The Bertz CT molecular complexity index is 451. The molecule has 0 aromatic heterocycles. The molecule has 2 nitrogen and oxygen atoms in total. The molecule has 1 aliphatic rings. The first-order valence-corrected chi connectivity index (χ1v) is 7.66. The van der Waals surface area contributed by atoms with Crippen LogP contribution in [0, 0.1) is 17.2 Å². The van der Waals surface area contributed by atoms with Gasteiger partial charge in [-0.15, -0.1) is 0 Å². The van der Waals surface area contributed by atoms with Gasteiger partial charge in [-0.3, -0.25) is 0 Å². The molecule has 0 spiro atoms. The van der Waals surface area contributed by atoms with Crippen molar-refractivity contribution < 1.29 is 4.39 Å². The molecular formula is C17H27FN2. The lowest BCUT2D eigenvalue weighted by atomic mass is 9.80. The molecule has 0 radical (unpaired) electrons. The molecule has 1 N–H and O–H groups in total. The molecule has 2 rings (SSSR count). The zero-order chi connectivity index (χ0) is 14.8. The Morgan fingerprint density at radius 1 is 1.35 bits per heavy atom. The first-order chi connectivity index (χ1) is 9.41. The van der Waals surface area contributed by atoms with Gasteiger partial charge in [0.15, 0.2) is 0 Å². The van der Waals surface area contributed by atoms with Gasteiger partial charge in [0.1, 0.15) is 5.82 Å². The summed E-state index contributed by atoms with van der Waals surface area (Å²) < 4.78 is 14.3. The van der Waals surface area contributed by atoms with Crippen LogP contribution in [0.5, 0.6) is 0 Å². The van der Waals surface area contributed by atoms with E-state index < -0.39 is 0 Å². The van der Waals surface area contributed by atoms with E-state index in [0.717, 1.165) is 43.9 Å². The van der Waals surface area contributed by atoms with Crippen LogP contribution in [0.15, 0.2) is 18.2 Å². The van der Waals surface area contributed by atoms with Crippen LogP contribution in [0.3, 0.4) is 0 Å². The van der Waals surface area contributed by atoms with Crippen molar-refractivity contribution in [3.8, 4) is 0 Å². The summed E-state index contributed by atoms with van der Waals surface area (Å²) in [7, 11) is 0. The topological polar surface area (TPSA) is 15.3 Å². The fraction of sp³-hybridized carbons (Fsp3) is 0.647. The molecule has 0 aliphatic carbocycles. The van der Waals surface area contributed by atoms with Gasteiger partial charge >= 0.3 is 0 Å². The quantitative estimate of drug-likeness (QED) is 0.901. The third-order valence-corrected chi connectivity index (χ3v) is 4.34. The Balaban J connectivity index is 2.07. The fourth-order valence-electron chi connectivity index (χ4n) is 2.87. The van der Waals surface area contributed by atoms with Gasteiger partial charge < -0.3 is 10.2 Å². The largest absolute Gasteiger partial charge is 0.369 e. The van der Waals surface area contributed by atoms with Crippen LogP contribution in [0.4, 0.5) is 10.1 Å². The molecule has 0 bridgehead atoms. The first kappa shape index (κ1) is 15.3. The van der Waals surface area contributed by atoms with Gasteiger partial charge in [-0.2, -0.15) is 0 Å². The molecule has 1 aromatic carbocycles. The lowest BCUT2D eigenvalue weighted by Gasteiger charge is -2.27. The molecule has 0 saturated carbocycles. The third-order valence-electron chi connectivity index (χ3n) is 4.34. The van der Waals surface area contributed by atoms with Gasteiger partial charge in [-0.05, 0) is 42.0 Å². The van der Waals surface area contributed by atoms with E-state index in [-0.39, 0.29) is 5.82 Å². The van der Waals surface area contributed by atoms with Crippen LogP contribution in [-0.2, 0) is 6.54 Å². The Morgan fingerprint density at radius 3 is 2.65 bits per heavy atom. The maximum atomic E-state index is 14.3. The van der Waals surface area contributed by atoms with E-state index in [1.165, 1.54) is 0 Å². The van der Waals surface area contributed by atoms with Gasteiger partial charge in [0.25, 0.3) is 0 Å². The minimum Gasteiger partial charge on any atom is -0.369 e. The first-order valence-electron chi connectivity index (χ1n) is 7.66. The summed E-state index contributed by atoms with van der Waals surface area (Å²) in [5.41, 5.74) is 2.08. The number of nitrogens with zero attached hydrogens (tertiary/aromatic N) is 1. The van der Waals surface area contributed by atoms with E-state index in [1.54, 1.807) is 6.07 Å². The highest BCUT2D eigenvalue weighted by Crippen LogP contribution is 2.36. The summed E-state index contributed by atoms with van der Waals surface area (Å²) in [6.07, 6.45) is 1.15. The summed E-state index contributed by atoms with van der Waals surface area (Å²) in [6, 6.07) is 5.64. The van der Waals surface area contributed by atoms with Crippen molar-refractivity contribution >= 4 is 5.69 Å². The van der Waals surface area contributed by atoms with Gasteiger partial charge in [0.05, 0.1) is 5.69 Å². The molecule has 1 atom stereocenters. The average Bonchev–Trinajstić information content (AvgIpc) is 2.85. The van der Waals surface area contributed by atoms with Gasteiger partial charge in [0, 0.05) is 19.6 Å². The third kappa shape index (κ3) is 3.51. The fourth-order valence-corrected chi connectivity index (χ4v) is 2.87. The molecule has 3 heteroatoms. The molecule has 0 amide bonds. The predicted molar refractivity (Wildman–Crippen MR) is 83.6 cm³/mol. The molecule has 112 valence electrons. The van der Waals surface area contributed by atoms with Crippen LogP contribution in [0.25, 0.3) is 0 Å². The molecule has 1 saturated heterocycles. The Morgan fingerprint density at radius 2 is 2.10 bits per heavy atom. The lowest BCUT2D eigenvalue weighted by molar-refractivity contribution is 0.263. The Labute approximate surface area is 122 Å². The standard InChI is InChI=1S/C17H27FN2/c1-5-19-11-13-6-7-16(15(18)10-13)20-9-8-14(12-20)17(2,3)4/h6-7,10,14,19H,5,8-9,11-12H2,1-4H3. The smallest absolute Gasteiger partial charge is 0.146 e. The van der Waals surface area contributed by atoms with Crippen molar-refractivity contribution in [3.63, 3.8) is 0 Å². The highest BCUT2D eigenvalue weighted by atomic mass is 19.1. The summed E-state index contributed by atoms with van der Waals surface area (Å²) in [5, 5.41) is 3.23. The molecular weight excluding hydrogens is 251 g/mol. The second-order valence-corrected chi connectivity index (χ2v) is 6.86. The van der Waals surface area contributed by atoms with Crippen molar-refractivity contribution in [2.24, 2.45) is 11.3 Å². The minimum absolute atomic E-state index is 0.0880. The van der Waals surface area contributed by atoms with E-state index in [1.807, 2.05) is 12.1 Å². The molecule has 1 aliphatic heterocycles. The monoisotopic (exact) mass is 278 g/mol. The maximum absolute atomic E-state index is 14.3. The van der Waals surface area contributed by atoms with Crippen molar-refractivity contribution in [2.45, 2.75) is 40.7 Å². The summed E-state index contributed by atoms with van der Waals surface area (Å²) in [4.78, 5) is 2.20. The minimum atomic E-state index is -0.0880. The summed E-state index contributed by atoms with van der Waals surface area (Å²) in [6.45, 7) is 12.5. The van der Waals surface area contributed by atoms with Crippen molar-refractivity contribution in [3.05, 3.63) is 29.6 Å². The SMILES string of the molecule is CCNCc1ccc(N2CCC(C(C)(C)C)C2)c(F)c1. The number of hydrogen-bond acceptors (Lipinski definition) is 2. The average molecular weight is 278 g/mol. The second-order valence-electron chi connectivity index (χ2n) is 6.86. The number of nitrogens with one attached hydrogen (secondary N) is 1. The Kier molecular flexibility index (Phi) is 4.69. The van der Waals surface area contributed by atoms with Gasteiger partial charge in [-0.25, -0.2) is 4.39 Å². The van der Waals surface area contributed by atoms with Crippen LogP contribution in [0.2, 0.25) is 0 Å². The van der Waals surface area contributed by atoms with Gasteiger partial charge in [-0.1, -0.05) is 33.8 Å². The predicted octanol–water partition coefficient (Wildman–Crippen LogP) is 3.81. The number of hydrogen-bond donors (Lipinski definition) is 1. The lowest BCUT2D eigenvalue weighted by Crippen LogP contribution is -2.26. The summed E-state index contributed by atoms with van der Waals surface area (Å²) in [5.74, 6) is 0.554. The van der Waals surface area contributed by atoms with Crippen LogP contribution in [0.1, 0.15) is 39.7 Å². The van der Waals surface area contributed by atoms with E-state index in [0.29, 0.717) is 11.3 Å². The zero-order valence-corrected chi connectivity index (χ0v) is 13.2. The highest BCUT2D eigenvalue weighted by molar-refractivity contribution is 5.50.